The van der Waals surface area contributed by atoms with Crippen molar-refractivity contribution in [2.75, 3.05) is 12.4 Å². The van der Waals surface area contributed by atoms with Gasteiger partial charge in [-0.2, -0.15) is 18.3 Å². The number of alkyl halides is 3. The summed E-state index contributed by atoms with van der Waals surface area (Å²) >= 11 is 1.17. The molecule has 2 amide bonds. The summed E-state index contributed by atoms with van der Waals surface area (Å²) in [5.41, 5.74) is -1.09. The predicted octanol–water partition coefficient (Wildman–Crippen LogP) is 0.512. The molecule has 0 spiro atoms. The number of β-lactam (4-membered cyclic amide) rings is 1. The highest BCUT2D eigenvalue weighted by molar-refractivity contribution is 8.00. The topological polar surface area (TPSA) is 131 Å². The number of aromatic nitrogens is 2. The first kappa shape index (κ1) is 22.7. The molecule has 1 aromatic rings. The highest BCUT2D eigenvalue weighted by atomic mass is 32.2. The monoisotopic (exact) mass is 462 g/mol. The molecular formula is C17H17F3N4O6S. The van der Waals surface area contributed by atoms with Crippen LogP contribution in [0.15, 0.2) is 17.3 Å². The van der Waals surface area contributed by atoms with Crippen LogP contribution in [0.4, 0.5) is 13.2 Å². The maximum atomic E-state index is 12.8. The van der Waals surface area contributed by atoms with Crippen molar-refractivity contribution in [1.82, 2.24) is 20.0 Å². The molecule has 3 heterocycles. The van der Waals surface area contributed by atoms with Gasteiger partial charge in [0.25, 0.3) is 5.91 Å². The number of aryl methyl sites for hydroxylation is 1. The Hall–Kier alpha value is -3.03. The third-order valence-electron chi connectivity index (χ3n) is 4.58. The van der Waals surface area contributed by atoms with Crippen LogP contribution >= 0.6 is 11.8 Å². The van der Waals surface area contributed by atoms with Crippen LogP contribution in [-0.4, -0.2) is 67.3 Å². The average Bonchev–Trinajstić information content (AvgIpc) is 3.04. The smallest absolute Gasteiger partial charge is 0.435 e. The molecule has 0 aromatic carbocycles. The number of aliphatic carboxylic acids is 1. The second-order valence-electron chi connectivity index (χ2n) is 6.82. The van der Waals surface area contributed by atoms with Crippen LogP contribution in [0.1, 0.15) is 18.3 Å². The molecule has 2 atom stereocenters. The van der Waals surface area contributed by atoms with E-state index in [0.29, 0.717) is 0 Å². The number of carboxylic acid groups (broad SMARTS) is 1. The number of thioether (sulfide) groups is 1. The van der Waals surface area contributed by atoms with Gasteiger partial charge in [0.15, 0.2) is 5.69 Å². The van der Waals surface area contributed by atoms with Gasteiger partial charge in [-0.15, -0.1) is 11.8 Å². The number of halogens is 3. The molecule has 0 bridgehead atoms. The molecule has 3 rings (SSSR count). The molecule has 2 aliphatic heterocycles. The van der Waals surface area contributed by atoms with Crippen molar-refractivity contribution in [2.45, 2.75) is 38.0 Å². The van der Waals surface area contributed by atoms with E-state index in [2.05, 4.69) is 10.4 Å². The molecule has 10 nitrogen and oxygen atoms in total. The van der Waals surface area contributed by atoms with Gasteiger partial charge in [-0.05, 0) is 13.0 Å². The van der Waals surface area contributed by atoms with E-state index in [0.717, 1.165) is 15.6 Å². The lowest BCUT2D eigenvalue weighted by atomic mass is 10.0. The quantitative estimate of drug-likeness (QED) is 0.462. The normalized spacial score (nSPS) is 20.8. The number of nitrogens with one attached hydrogen (secondary N) is 1. The van der Waals surface area contributed by atoms with Crippen molar-refractivity contribution in [1.29, 1.82) is 0 Å². The number of hydrogen-bond donors (Lipinski definition) is 2. The zero-order valence-corrected chi connectivity index (χ0v) is 17.0. The van der Waals surface area contributed by atoms with Crippen LogP contribution in [-0.2, 0) is 36.6 Å². The number of carboxylic acids is 1. The van der Waals surface area contributed by atoms with Crippen LogP contribution in [0.5, 0.6) is 0 Å². The largest absolute Gasteiger partial charge is 0.477 e. The molecule has 0 saturated carbocycles. The molecule has 14 heteroatoms. The number of rotatable bonds is 6. The molecule has 2 N–H and O–H groups in total. The molecule has 168 valence electrons. The van der Waals surface area contributed by atoms with Gasteiger partial charge in [0.1, 0.15) is 30.3 Å². The summed E-state index contributed by atoms with van der Waals surface area (Å²) in [5.74, 6) is -3.26. The summed E-state index contributed by atoms with van der Waals surface area (Å²) in [5, 5.41) is 14.6. The summed E-state index contributed by atoms with van der Waals surface area (Å²) in [4.78, 5) is 48.4. The Morgan fingerprint density at radius 3 is 2.61 bits per heavy atom. The van der Waals surface area contributed by atoms with Gasteiger partial charge in [-0.1, -0.05) is 0 Å². The maximum absolute atomic E-state index is 12.8. The Morgan fingerprint density at radius 1 is 1.39 bits per heavy atom. The van der Waals surface area contributed by atoms with Crippen LogP contribution in [0, 0.1) is 6.92 Å². The summed E-state index contributed by atoms with van der Waals surface area (Å²) in [6, 6.07) is -0.241. The Bertz CT molecular complexity index is 989. The van der Waals surface area contributed by atoms with E-state index in [1.165, 1.54) is 25.6 Å². The minimum absolute atomic E-state index is 0.113. The van der Waals surface area contributed by atoms with Crippen molar-refractivity contribution < 1.29 is 42.2 Å². The van der Waals surface area contributed by atoms with Gasteiger partial charge in [-0.25, -0.2) is 4.79 Å². The van der Waals surface area contributed by atoms with E-state index in [4.69, 9.17) is 4.74 Å². The van der Waals surface area contributed by atoms with Gasteiger partial charge >= 0.3 is 18.1 Å². The molecule has 1 aromatic heterocycles. The first-order valence-electron chi connectivity index (χ1n) is 8.84. The van der Waals surface area contributed by atoms with E-state index in [1.807, 2.05) is 0 Å². The van der Waals surface area contributed by atoms with Gasteiger partial charge in [-0.3, -0.25) is 24.0 Å². The van der Waals surface area contributed by atoms with Crippen LogP contribution in [0.2, 0.25) is 0 Å². The fourth-order valence-corrected chi connectivity index (χ4v) is 4.47. The maximum Gasteiger partial charge on any atom is 0.435 e. The molecule has 0 unspecified atom stereocenters. The van der Waals surface area contributed by atoms with Crippen molar-refractivity contribution in [3.8, 4) is 0 Å². The number of fused-ring (bicyclic) bond motifs is 1. The zero-order chi connectivity index (χ0) is 23.1. The molecular weight excluding hydrogens is 445 g/mol. The van der Waals surface area contributed by atoms with Gasteiger partial charge < -0.3 is 15.2 Å². The lowest BCUT2D eigenvalue weighted by Crippen LogP contribution is -2.70. The van der Waals surface area contributed by atoms with Gasteiger partial charge in [0, 0.05) is 23.9 Å². The van der Waals surface area contributed by atoms with E-state index in [9.17, 15) is 37.5 Å². The number of nitrogens with zero attached hydrogens (tertiary/aromatic N) is 3. The fraction of sp³-hybridized carbons (Fsp3) is 0.471. The van der Waals surface area contributed by atoms with Gasteiger partial charge in [0.05, 0.1) is 0 Å². The van der Waals surface area contributed by atoms with Crippen LogP contribution in [0.3, 0.4) is 0 Å². The van der Waals surface area contributed by atoms with Crippen LogP contribution < -0.4 is 5.32 Å². The van der Waals surface area contributed by atoms with Crippen molar-refractivity contribution in [3.05, 3.63) is 28.7 Å². The number of hydrogen-bond acceptors (Lipinski definition) is 7. The predicted molar refractivity (Wildman–Crippen MR) is 98.3 cm³/mol. The highest BCUT2D eigenvalue weighted by Gasteiger charge is 2.54. The summed E-state index contributed by atoms with van der Waals surface area (Å²) in [6.45, 7) is 1.70. The first-order chi connectivity index (χ1) is 14.4. The lowest BCUT2D eigenvalue weighted by Gasteiger charge is -2.49. The molecule has 31 heavy (non-hydrogen) atoms. The first-order valence-corrected chi connectivity index (χ1v) is 9.89. The van der Waals surface area contributed by atoms with Crippen molar-refractivity contribution in [2.24, 2.45) is 0 Å². The minimum Gasteiger partial charge on any atom is -0.477 e. The molecule has 0 radical (unpaired) electrons. The summed E-state index contributed by atoms with van der Waals surface area (Å²) in [6.07, 6.45) is -4.65. The number of carbonyl (C=O) groups excluding carboxylic acids is 3. The Labute approximate surface area is 177 Å². The summed E-state index contributed by atoms with van der Waals surface area (Å²) in [7, 11) is 0. The third kappa shape index (κ3) is 4.52. The number of ether oxygens (including phenoxy) is 1. The lowest BCUT2D eigenvalue weighted by molar-refractivity contribution is -0.151. The number of esters is 1. The SMILES string of the molecule is CC(=O)OCC1=C(C(=O)O)N2C(=O)[C@@H](NC(=O)Cn3nc(C(F)(F)F)cc3C)[C@H]2SC1. The average molecular weight is 462 g/mol. The molecule has 1 fully saturated rings. The summed E-state index contributed by atoms with van der Waals surface area (Å²) < 4.78 is 44.0. The number of carbonyl (C=O) groups is 4. The van der Waals surface area contributed by atoms with Crippen molar-refractivity contribution in [3.63, 3.8) is 0 Å². The standard InChI is InChI=1S/C17H17F3N4O6S/c1-7-3-10(17(18,19)20)22-23(7)4-11(26)21-12-14(27)24-13(16(28)29)9(5-30-8(2)25)6-31-15(12)24/h3,12,15H,4-6H2,1-2H3,(H,21,26)(H,28,29)/t12-,15-/m1/s1. The second-order valence-corrected chi connectivity index (χ2v) is 7.92. The zero-order valence-electron chi connectivity index (χ0n) is 16.2. The number of amides is 2. The van der Waals surface area contributed by atoms with E-state index < -0.39 is 53.6 Å². The third-order valence-corrected chi connectivity index (χ3v) is 5.92. The van der Waals surface area contributed by atoms with Crippen molar-refractivity contribution >= 4 is 35.5 Å². The van der Waals surface area contributed by atoms with E-state index in [-0.39, 0.29) is 29.3 Å². The minimum atomic E-state index is -4.65. The van der Waals surface area contributed by atoms with E-state index in [1.54, 1.807) is 0 Å². The van der Waals surface area contributed by atoms with Crippen LogP contribution in [0.25, 0.3) is 0 Å². The molecule has 0 aliphatic carbocycles. The second kappa shape index (κ2) is 8.24. The molecule has 1 saturated heterocycles. The molecule has 2 aliphatic rings. The van der Waals surface area contributed by atoms with E-state index >= 15 is 0 Å². The Kier molecular flexibility index (Phi) is 6.02. The van der Waals surface area contributed by atoms with Gasteiger partial charge in [0.2, 0.25) is 5.91 Å². The fourth-order valence-electron chi connectivity index (χ4n) is 3.15. The Balaban J connectivity index is 1.69. The Morgan fingerprint density at radius 2 is 2.06 bits per heavy atom. The highest BCUT2D eigenvalue weighted by Crippen LogP contribution is 2.40.